The van der Waals surface area contributed by atoms with Crippen molar-refractivity contribution >= 4 is 28.1 Å². The van der Waals surface area contributed by atoms with Crippen LogP contribution in [0.1, 0.15) is 12.8 Å². The maximum atomic E-state index is 13.2. The van der Waals surface area contributed by atoms with Gasteiger partial charge < -0.3 is 16.4 Å². The van der Waals surface area contributed by atoms with Gasteiger partial charge in [-0.15, -0.1) is 0 Å². The standard InChI is InChI=1S/C14H16F2N4/c15-14(16)3-5-20(6-4-14)12-8-9-7-10(17)1-2-11(9)19-13(12)18/h1-2,7-8H,3-6,17H2,(H2,18,19). The van der Waals surface area contributed by atoms with E-state index in [1.807, 2.05) is 17.0 Å². The zero-order valence-corrected chi connectivity index (χ0v) is 10.9. The van der Waals surface area contributed by atoms with E-state index in [4.69, 9.17) is 11.5 Å². The average molecular weight is 278 g/mol. The third-order valence-electron chi connectivity index (χ3n) is 3.68. The molecule has 0 atom stereocenters. The predicted molar refractivity (Wildman–Crippen MR) is 77.0 cm³/mol. The van der Waals surface area contributed by atoms with E-state index in [-0.39, 0.29) is 25.9 Å². The number of piperidine rings is 1. The summed E-state index contributed by atoms with van der Waals surface area (Å²) >= 11 is 0. The van der Waals surface area contributed by atoms with E-state index in [0.29, 0.717) is 17.2 Å². The lowest BCUT2D eigenvalue weighted by Gasteiger charge is -2.33. The molecule has 2 heterocycles. The topological polar surface area (TPSA) is 68.2 Å². The average Bonchev–Trinajstić information content (AvgIpc) is 2.39. The zero-order valence-electron chi connectivity index (χ0n) is 10.9. The molecule has 0 saturated carbocycles. The van der Waals surface area contributed by atoms with E-state index in [0.717, 1.165) is 10.9 Å². The van der Waals surface area contributed by atoms with E-state index in [2.05, 4.69) is 4.98 Å². The Morgan fingerprint density at radius 3 is 2.50 bits per heavy atom. The SMILES string of the molecule is Nc1ccc2nc(N)c(N3CCC(F)(F)CC3)cc2c1. The highest BCUT2D eigenvalue weighted by Crippen LogP contribution is 2.34. The number of nitrogen functional groups attached to an aromatic ring is 2. The van der Waals surface area contributed by atoms with Crippen LogP contribution in [-0.2, 0) is 0 Å². The number of rotatable bonds is 1. The van der Waals surface area contributed by atoms with Gasteiger partial charge in [-0.25, -0.2) is 13.8 Å². The third kappa shape index (κ3) is 2.33. The number of hydrogen-bond donors (Lipinski definition) is 2. The number of alkyl halides is 2. The number of aromatic nitrogens is 1. The third-order valence-corrected chi connectivity index (χ3v) is 3.68. The minimum Gasteiger partial charge on any atom is -0.399 e. The summed E-state index contributed by atoms with van der Waals surface area (Å²) in [5, 5.41) is 0.867. The van der Waals surface area contributed by atoms with Gasteiger partial charge in [0, 0.05) is 37.0 Å². The first-order valence-electron chi connectivity index (χ1n) is 6.53. The van der Waals surface area contributed by atoms with Gasteiger partial charge in [-0.05, 0) is 24.3 Å². The molecular formula is C14H16F2N4. The van der Waals surface area contributed by atoms with Gasteiger partial charge in [0.25, 0.3) is 5.92 Å². The highest BCUT2D eigenvalue weighted by molar-refractivity contribution is 5.88. The number of anilines is 3. The van der Waals surface area contributed by atoms with Crippen LogP contribution in [0.4, 0.5) is 26.0 Å². The van der Waals surface area contributed by atoms with Crippen molar-refractivity contribution in [2.24, 2.45) is 0 Å². The van der Waals surface area contributed by atoms with Crippen LogP contribution < -0.4 is 16.4 Å². The Kier molecular flexibility index (Phi) is 2.88. The molecule has 6 heteroatoms. The van der Waals surface area contributed by atoms with E-state index in [1.165, 1.54) is 0 Å². The van der Waals surface area contributed by atoms with Crippen molar-refractivity contribution in [3.05, 3.63) is 24.3 Å². The summed E-state index contributed by atoms with van der Waals surface area (Å²) in [7, 11) is 0. The molecule has 0 aliphatic carbocycles. The summed E-state index contributed by atoms with van der Waals surface area (Å²) in [5.41, 5.74) is 13.8. The molecule has 0 spiro atoms. The van der Waals surface area contributed by atoms with Gasteiger partial charge in [-0.2, -0.15) is 0 Å². The highest BCUT2D eigenvalue weighted by atomic mass is 19.3. The molecule has 0 unspecified atom stereocenters. The molecule has 1 aromatic carbocycles. The number of nitrogens with zero attached hydrogens (tertiary/aromatic N) is 2. The largest absolute Gasteiger partial charge is 0.399 e. The molecule has 1 aliphatic rings. The fraction of sp³-hybridized carbons (Fsp3) is 0.357. The van der Waals surface area contributed by atoms with Gasteiger partial charge in [-0.3, -0.25) is 0 Å². The lowest BCUT2D eigenvalue weighted by Crippen LogP contribution is -2.39. The number of hydrogen-bond acceptors (Lipinski definition) is 4. The van der Waals surface area contributed by atoms with Crippen molar-refractivity contribution in [1.82, 2.24) is 4.98 Å². The monoisotopic (exact) mass is 278 g/mol. The van der Waals surface area contributed by atoms with Crippen LogP contribution in [-0.4, -0.2) is 24.0 Å². The Morgan fingerprint density at radius 1 is 1.10 bits per heavy atom. The van der Waals surface area contributed by atoms with Crippen LogP contribution in [0.25, 0.3) is 10.9 Å². The summed E-state index contributed by atoms with van der Waals surface area (Å²) in [6.45, 7) is 0.569. The number of benzene rings is 1. The van der Waals surface area contributed by atoms with Gasteiger partial charge >= 0.3 is 0 Å². The van der Waals surface area contributed by atoms with Crippen molar-refractivity contribution in [3.8, 4) is 0 Å². The molecule has 0 radical (unpaired) electrons. The van der Waals surface area contributed by atoms with Crippen LogP contribution >= 0.6 is 0 Å². The molecule has 106 valence electrons. The molecule has 1 saturated heterocycles. The molecule has 0 amide bonds. The van der Waals surface area contributed by atoms with Crippen LogP contribution in [0.2, 0.25) is 0 Å². The molecule has 4 N–H and O–H groups in total. The molecule has 2 aromatic rings. The van der Waals surface area contributed by atoms with Gasteiger partial charge in [0.2, 0.25) is 0 Å². The van der Waals surface area contributed by atoms with E-state index in [1.54, 1.807) is 12.1 Å². The smallest absolute Gasteiger partial charge is 0.251 e. The lowest BCUT2D eigenvalue weighted by molar-refractivity contribution is -0.0220. The number of pyridine rings is 1. The normalized spacial score (nSPS) is 18.4. The maximum absolute atomic E-state index is 13.2. The Labute approximate surface area is 115 Å². The number of fused-ring (bicyclic) bond motifs is 1. The quantitative estimate of drug-likeness (QED) is 0.787. The molecule has 1 aliphatic heterocycles. The molecule has 3 rings (SSSR count). The van der Waals surface area contributed by atoms with Crippen LogP contribution in [0.3, 0.4) is 0 Å². The Hall–Kier alpha value is -2.11. The Balaban J connectivity index is 1.97. The number of nitrogens with two attached hydrogens (primary N) is 2. The van der Waals surface area contributed by atoms with Crippen LogP contribution in [0, 0.1) is 0 Å². The van der Waals surface area contributed by atoms with Gasteiger partial charge in [0.1, 0.15) is 5.82 Å². The van der Waals surface area contributed by atoms with Crippen molar-refractivity contribution in [2.75, 3.05) is 29.5 Å². The van der Waals surface area contributed by atoms with Crippen molar-refractivity contribution in [3.63, 3.8) is 0 Å². The first-order chi connectivity index (χ1) is 9.44. The first-order valence-corrected chi connectivity index (χ1v) is 6.53. The molecule has 4 nitrogen and oxygen atoms in total. The zero-order chi connectivity index (χ0) is 14.3. The lowest BCUT2D eigenvalue weighted by atomic mass is 10.1. The molecular weight excluding hydrogens is 262 g/mol. The van der Waals surface area contributed by atoms with Gasteiger partial charge in [0.05, 0.1) is 11.2 Å². The fourth-order valence-corrected chi connectivity index (χ4v) is 2.53. The van der Waals surface area contributed by atoms with Crippen molar-refractivity contribution < 1.29 is 8.78 Å². The van der Waals surface area contributed by atoms with Crippen molar-refractivity contribution in [2.45, 2.75) is 18.8 Å². The summed E-state index contributed by atoms with van der Waals surface area (Å²) in [4.78, 5) is 6.18. The van der Waals surface area contributed by atoms with E-state index in [9.17, 15) is 8.78 Å². The second-order valence-electron chi connectivity index (χ2n) is 5.19. The summed E-state index contributed by atoms with van der Waals surface area (Å²) in [6.07, 6.45) is -0.303. The van der Waals surface area contributed by atoms with Crippen LogP contribution in [0.5, 0.6) is 0 Å². The summed E-state index contributed by atoms with van der Waals surface area (Å²) in [5.74, 6) is -2.20. The van der Waals surface area contributed by atoms with E-state index < -0.39 is 5.92 Å². The molecule has 20 heavy (non-hydrogen) atoms. The minimum absolute atomic E-state index is 0.151. The summed E-state index contributed by atoms with van der Waals surface area (Å²) < 4.78 is 26.4. The second-order valence-corrected chi connectivity index (χ2v) is 5.19. The number of halogens is 2. The Bertz CT molecular complexity index is 647. The minimum atomic E-state index is -2.57. The fourth-order valence-electron chi connectivity index (χ4n) is 2.53. The van der Waals surface area contributed by atoms with E-state index >= 15 is 0 Å². The highest BCUT2D eigenvalue weighted by Gasteiger charge is 2.34. The molecule has 0 bridgehead atoms. The maximum Gasteiger partial charge on any atom is 0.251 e. The molecule has 1 fully saturated rings. The van der Waals surface area contributed by atoms with Crippen molar-refractivity contribution in [1.29, 1.82) is 0 Å². The first kappa shape index (κ1) is 12.9. The second kappa shape index (κ2) is 4.47. The molecule has 1 aromatic heterocycles. The predicted octanol–water partition coefficient (Wildman–Crippen LogP) is 2.63. The summed E-state index contributed by atoms with van der Waals surface area (Å²) in [6, 6.07) is 7.24. The van der Waals surface area contributed by atoms with Gasteiger partial charge in [-0.1, -0.05) is 0 Å². The van der Waals surface area contributed by atoms with Gasteiger partial charge in [0.15, 0.2) is 0 Å². The van der Waals surface area contributed by atoms with Crippen LogP contribution in [0.15, 0.2) is 24.3 Å². The Morgan fingerprint density at radius 2 is 1.80 bits per heavy atom.